The van der Waals surface area contributed by atoms with Gasteiger partial charge in [0.2, 0.25) is 0 Å². The standard InChI is InChI=1S/C15H14BrNO5S2/c1-22-14(19)12-7-10(16)15(23-12)24(20,21)17-13-9-5-3-2-4-8(9)6-11(13)18/h2-5,7,11,13,17-18H,6H2,1H3. The summed E-state index contributed by atoms with van der Waals surface area (Å²) in [5.74, 6) is -0.603. The van der Waals surface area contributed by atoms with Gasteiger partial charge in [0.25, 0.3) is 10.0 Å². The summed E-state index contributed by atoms with van der Waals surface area (Å²) < 4.78 is 32.8. The quantitative estimate of drug-likeness (QED) is 0.723. The lowest BCUT2D eigenvalue weighted by Gasteiger charge is -2.17. The molecule has 0 fully saturated rings. The van der Waals surface area contributed by atoms with Gasteiger partial charge in [-0.1, -0.05) is 24.3 Å². The van der Waals surface area contributed by atoms with Crippen LogP contribution in [0.25, 0.3) is 0 Å². The molecule has 1 aliphatic rings. The summed E-state index contributed by atoms with van der Waals surface area (Å²) in [6, 6.07) is 7.99. The Morgan fingerprint density at radius 2 is 2.12 bits per heavy atom. The Balaban J connectivity index is 1.93. The van der Waals surface area contributed by atoms with Crippen molar-refractivity contribution in [2.75, 3.05) is 7.11 Å². The van der Waals surface area contributed by atoms with Crippen LogP contribution in [-0.4, -0.2) is 32.7 Å². The summed E-state index contributed by atoms with van der Waals surface area (Å²) in [7, 11) is -2.69. The number of methoxy groups -OCH3 is 1. The highest BCUT2D eigenvalue weighted by Gasteiger charge is 2.35. The number of aliphatic hydroxyl groups excluding tert-OH is 1. The summed E-state index contributed by atoms with van der Waals surface area (Å²) in [6.07, 6.45) is -0.446. The number of carbonyl (C=O) groups excluding carboxylic acids is 1. The van der Waals surface area contributed by atoms with E-state index in [1.807, 2.05) is 12.1 Å². The average Bonchev–Trinajstić information content (AvgIpc) is 3.08. The number of fused-ring (bicyclic) bond motifs is 1. The van der Waals surface area contributed by atoms with Gasteiger partial charge < -0.3 is 9.84 Å². The van der Waals surface area contributed by atoms with Crippen molar-refractivity contribution in [2.24, 2.45) is 0 Å². The minimum absolute atomic E-state index is 0.0283. The van der Waals surface area contributed by atoms with E-state index < -0.39 is 28.1 Å². The van der Waals surface area contributed by atoms with Crippen LogP contribution >= 0.6 is 27.3 Å². The van der Waals surface area contributed by atoms with E-state index in [-0.39, 0.29) is 13.6 Å². The molecule has 3 rings (SSSR count). The molecule has 9 heteroatoms. The first-order valence-corrected chi connectivity index (χ1v) is 10.1. The van der Waals surface area contributed by atoms with Crippen LogP contribution in [0.1, 0.15) is 26.8 Å². The number of sulfonamides is 1. The van der Waals surface area contributed by atoms with Gasteiger partial charge in [-0.3, -0.25) is 0 Å². The molecule has 2 N–H and O–H groups in total. The van der Waals surface area contributed by atoms with Gasteiger partial charge in [0.05, 0.1) is 19.3 Å². The number of nitrogens with one attached hydrogen (secondary N) is 1. The number of hydrogen-bond acceptors (Lipinski definition) is 6. The lowest BCUT2D eigenvalue weighted by atomic mass is 10.1. The van der Waals surface area contributed by atoms with Crippen LogP contribution in [0.5, 0.6) is 0 Å². The van der Waals surface area contributed by atoms with Crippen molar-refractivity contribution in [3.8, 4) is 0 Å². The molecule has 128 valence electrons. The van der Waals surface area contributed by atoms with E-state index in [4.69, 9.17) is 0 Å². The van der Waals surface area contributed by atoms with Crippen LogP contribution in [0.4, 0.5) is 0 Å². The SMILES string of the molecule is COC(=O)c1cc(Br)c(S(=O)(=O)NC2c3ccccc3CC2O)s1. The van der Waals surface area contributed by atoms with Gasteiger partial charge in [-0.15, -0.1) is 11.3 Å². The van der Waals surface area contributed by atoms with Crippen molar-refractivity contribution in [3.63, 3.8) is 0 Å². The van der Waals surface area contributed by atoms with Gasteiger partial charge in [-0.25, -0.2) is 17.9 Å². The third-order valence-corrected chi connectivity index (χ3v) is 8.01. The Hall–Kier alpha value is -1.26. The van der Waals surface area contributed by atoms with Gasteiger partial charge in [0, 0.05) is 10.9 Å². The zero-order chi connectivity index (χ0) is 17.5. The lowest BCUT2D eigenvalue weighted by Crippen LogP contribution is -2.33. The minimum Gasteiger partial charge on any atom is -0.465 e. The van der Waals surface area contributed by atoms with Gasteiger partial charge >= 0.3 is 5.97 Å². The fourth-order valence-corrected chi connectivity index (χ4v) is 6.53. The number of carbonyl (C=O) groups is 1. The van der Waals surface area contributed by atoms with E-state index in [0.717, 1.165) is 22.5 Å². The monoisotopic (exact) mass is 431 g/mol. The maximum absolute atomic E-state index is 12.7. The number of benzene rings is 1. The first-order chi connectivity index (χ1) is 11.3. The molecule has 0 saturated heterocycles. The summed E-state index contributed by atoms with van der Waals surface area (Å²) in [6.45, 7) is 0. The Kier molecular flexibility index (Phi) is 4.80. The fourth-order valence-electron chi connectivity index (χ4n) is 2.67. The molecule has 2 unspecified atom stereocenters. The normalized spacial score (nSPS) is 20.0. The predicted octanol–water partition coefficient (Wildman–Crippen LogP) is 2.23. The van der Waals surface area contributed by atoms with Crippen LogP contribution in [0.2, 0.25) is 0 Å². The third-order valence-electron chi connectivity index (χ3n) is 3.77. The predicted molar refractivity (Wildman–Crippen MR) is 92.6 cm³/mol. The summed E-state index contributed by atoms with van der Waals surface area (Å²) in [5.41, 5.74) is 1.67. The second-order valence-electron chi connectivity index (χ2n) is 5.31. The van der Waals surface area contributed by atoms with Crippen molar-refractivity contribution in [1.82, 2.24) is 4.72 Å². The molecule has 1 aromatic heterocycles. The average molecular weight is 432 g/mol. The number of aliphatic hydroxyl groups is 1. The summed E-state index contributed by atoms with van der Waals surface area (Å²) >= 11 is 3.98. The number of halogens is 1. The van der Waals surface area contributed by atoms with Crippen LogP contribution in [0, 0.1) is 0 Å². The van der Waals surface area contributed by atoms with Crippen LogP contribution < -0.4 is 4.72 Å². The Morgan fingerprint density at radius 1 is 1.42 bits per heavy atom. The molecule has 0 spiro atoms. The van der Waals surface area contributed by atoms with Crippen molar-refractivity contribution < 1.29 is 23.1 Å². The highest BCUT2D eigenvalue weighted by molar-refractivity contribution is 9.10. The molecule has 24 heavy (non-hydrogen) atoms. The molecule has 2 atom stereocenters. The Labute approximate surface area is 151 Å². The maximum atomic E-state index is 12.7. The number of ether oxygens (including phenoxy) is 1. The summed E-state index contributed by atoms with van der Waals surface area (Å²) in [4.78, 5) is 11.8. The van der Waals surface area contributed by atoms with Crippen LogP contribution in [0.3, 0.4) is 0 Å². The van der Waals surface area contributed by atoms with Gasteiger partial charge in [0.15, 0.2) is 0 Å². The van der Waals surface area contributed by atoms with Crippen molar-refractivity contribution in [1.29, 1.82) is 0 Å². The van der Waals surface area contributed by atoms with Crippen molar-refractivity contribution in [3.05, 3.63) is 50.8 Å². The lowest BCUT2D eigenvalue weighted by molar-refractivity contribution is 0.0606. The first kappa shape index (κ1) is 17.6. The highest BCUT2D eigenvalue weighted by Crippen LogP contribution is 2.36. The molecule has 0 bridgehead atoms. The topological polar surface area (TPSA) is 92.7 Å². The second kappa shape index (κ2) is 6.57. The van der Waals surface area contributed by atoms with E-state index >= 15 is 0 Å². The molecule has 6 nitrogen and oxygen atoms in total. The molecule has 0 amide bonds. The number of hydrogen-bond donors (Lipinski definition) is 2. The van der Waals surface area contributed by atoms with Crippen LogP contribution in [-0.2, 0) is 21.2 Å². The Bertz CT molecular complexity index is 893. The zero-order valence-corrected chi connectivity index (χ0v) is 15.7. The largest absolute Gasteiger partial charge is 0.465 e. The van der Waals surface area contributed by atoms with E-state index in [9.17, 15) is 18.3 Å². The third kappa shape index (κ3) is 3.14. The van der Waals surface area contributed by atoms with Crippen LogP contribution in [0.15, 0.2) is 39.0 Å². The van der Waals surface area contributed by atoms with Gasteiger partial charge in [0.1, 0.15) is 9.09 Å². The van der Waals surface area contributed by atoms with E-state index in [2.05, 4.69) is 25.4 Å². The second-order valence-corrected chi connectivity index (χ2v) is 9.12. The number of thiophene rings is 1. The van der Waals surface area contributed by atoms with Crippen molar-refractivity contribution >= 4 is 43.3 Å². The molecule has 0 aliphatic heterocycles. The molecule has 1 aromatic carbocycles. The van der Waals surface area contributed by atoms with Gasteiger partial charge in [-0.2, -0.15) is 0 Å². The van der Waals surface area contributed by atoms with E-state index in [0.29, 0.717) is 6.42 Å². The molecule has 0 saturated carbocycles. The van der Waals surface area contributed by atoms with Crippen molar-refractivity contribution in [2.45, 2.75) is 22.8 Å². The number of esters is 1. The van der Waals surface area contributed by atoms with Gasteiger partial charge in [-0.05, 0) is 33.1 Å². The van der Waals surface area contributed by atoms with E-state index in [1.165, 1.54) is 13.2 Å². The number of rotatable bonds is 4. The highest BCUT2D eigenvalue weighted by atomic mass is 79.9. The molecule has 2 aromatic rings. The maximum Gasteiger partial charge on any atom is 0.348 e. The zero-order valence-electron chi connectivity index (χ0n) is 12.5. The minimum atomic E-state index is -3.92. The molecule has 0 radical (unpaired) electrons. The molecular formula is C15H14BrNO5S2. The molecule has 1 aliphatic carbocycles. The van der Waals surface area contributed by atoms with E-state index in [1.54, 1.807) is 12.1 Å². The molecular weight excluding hydrogens is 418 g/mol. The molecule has 1 heterocycles. The summed E-state index contributed by atoms with van der Waals surface area (Å²) in [5, 5.41) is 10.2. The Morgan fingerprint density at radius 3 is 2.83 bits per heavy atom. The first-order valence-electron chi connectivity index (χ1n) is 6.99. The fraction of sp³-hybridized carbons (Fsp3) is 0.267. The smallest absolute Gasteiger partial charge is 0.348 e.